The van der Waals surface area contributed by atoms with Gasteiger partial charge in [0.2, 0.25) is 0 Å². The fourth-order valence-electron chi connectivity index (χ4n) is 3.71. The van der Waals surface area contributed by atoms with Gasteiger partial charge in [-0.15, -0.1) is 11.6 Å². The van der Waals surface area contributed by atoms with E-state index in [9.17, 15) is 18.3 Å². The van der Waals surface area contributed by atoms with Gasteiger partial charge in [0.1, 0.15) is 23.0 Å². The average molecular weight is 561 g/mol. The van der Waals surface area contributed by atoms with Gasteiger partial charge in [0.15, 0.2) is 14.7 Å². The van der Waals surface area contributed by atoms with Gasteiger partial charge in [-0.25, -0.2) is 13.2 Å². The standard InChI is InChI=1S/C29H33ClO7S/c1-5-7-21-18-25(37-23-10-13-26(14-11-23)38(4,33)34)12-15-27(21)36-20(2)16-17-35-24-9-6-8-22(19-24)29(3,30)28(31)32/h6,8-15,18-20H,5,7,16-17H2,1-4H3,(H,31,32). The Morgan fingerprint density at radius 3 is 2.34 bits per heavy atom. The third-order valence-electron chi connectivity index (χ3n) is 5.94. The molecule has 0 radical (unpaired) electrons. The number of carboxylic acids is 1. The van der Waals surface area contributed by atoms with E-state index in [1.54, 1.807) is 36.4 Å². The van der Waals surface area contributed by atoms with Crippen LogP contribution < -0.4 is 14.2 Å². The average Bonchev–Trinajstić information content (AvgIpc) is 2.85. The summed E-state index contributed by atoms with van der Waals surface area (Å²) < 4.78 is 41.3. The molecule has 3 aromatic rings. The maximum atomic E-state index is 11.7. The molecular weight excluding hydrogens is 528 g/mol. The highest BCUT2D eigenvalue weighted by molar-refractivity contribution is 7.90. The lowest BCUT2D eigenvalue weighted by Crippen LogP contribution is -2.25. The third-order valence-corrected chi connectivity index (χ3v) is 7.45. The van der Waals surface area contributed by atoms with Crippen LogP contribution in [0.15, 0.2) is 71.6 Å². The lowest BCUT2D eigenvalue weighted by atomic mass is 10.0. The molecule has 38 heavy (non-hydrogen) atoms. The van der Waals surface area contributed by atoms with Crippen molar-refractivity contribution in [1.82, 2.24) is 0 Å². The highest BCUT2D eigenvalue weighted by Gasteiger charge is 2.32. The van der Waals surface area contributed by atoms with E-state index < -0.39 is 20.7 Å². The molecule has 0 saturated carbocycles. The molecule has 2 atom stereocenters. The largest absolute Gasteiger partial charge is 0.493 e. The van der Waals surface area contributed by atoms with E-state index in [4.69, 9.17) is 25.8 Å². The minimum atomic E-state index is -3.27. The predicted molar refractivity (Wildman–Crippen MR) is 148 cm³/mol. The summed E-state index contributed by atoms with van der Waals surface area (Å²) in [6, 6.07) is 18.7. The first-order valence-electron chi connectivity index (χ1n) is 12.3. The van der Waals surface area contributed by atoms with Crippen molar-refractivity contribution in [3.8, 4) is 23.0 Å². The minimum Gasteiger partial charge on any atom is -0.493 e. The topological polar surface area (TPSA) is 99.1 Å². The smallest absolute Gasteiger partial charge is 0.329 e. The van der Waals surface area contributed by atoms with E-state index in [0.29, 0.717) is 35.8 Å². The number of carbonyl (C=O) groups is 1. The number of halogens is 1. The van der Waals surface area contributed by atoms with Gasteiger partial charge in [-0.2, -0.15) is 0 Å². The third kappa shape index (κ3) is 7.88. The first-order chi connectivity index (χ1) is 17.9. The van der Waals surface area contributed by atoms with E-state index in [1.807, 2.05) is 25.1 Å². The van der Waals surface area contributed by atoms with E-state index in [-0.39, 0.29) is 11.0 Å². The molecule has 7 nitrogen and oxygen atoms in total. The fraction of sp³-hybridized carbons (Fsp3) is 0.345. The van der Waals surface area contributed by atoms with Crippen LogP contribution in [0, 0.1) is 0 Å². The van der Waals surface area contributed by atoms with Crippen molar-refractivity contribution in [1.29, 1.82) is 0 Å². The van der Waals surface area contributed by atoms with Crippen LogP contribution in [0.2, 0.25) is 0 Å². The number of hydrogen-bond acceptors (Lipinski definition) is 6. The molecule has 0 aliphatic heterocycles. The maximum Gasteiger partial charge on any atom is 0.329 e. The molecule has 0 amide bonds. The van der Waals surface area contributed by atoms with Gasteiger partial charge in [0.05, 0.1) is 17.6 Å². The molecule has 0 saturated heterocycles. The number of aryl methyl sites for hydroxylation is 1. The van der Waals surface area contributed by atoms with E-state index in [1.165, 1.54) is 25.3 Å². The summed E-state index contributed by atoms with van der Waals surface area (Å²) in [6.07, 6.45) is 3.36. The van der Waals surface area contributed by atoms with E-state index >= 15 is 0 Å². The quantitative estimate of drug-likeness (QED) is 0.235. The Hall–Kier alpha value is -3.23. The lowest BCUT2D eigenvalue weighted by Gasteiger charge is -2.20. The van der Waals surface area contributed by atoms with Gasteiger partial charge >= 0.3 is 5.97 Å². The molecule has 1 N–H and O–H groups in total. The van der Waals surface area contributed by atoms with Crippen LogP contribution >= 0.6 is 11.6 Å². The van der Waals surface area contributed by atoms with Gasteiger partial charge in [-0.3, -0.25) is 0 Å². The SMILES string of the molecule is CCCc1cc(Oc2ccc(S(C)(=O)=O)cc2)ccc1OC(C)CCOc1cccc(C(C)(Cl)C(=O)O)c1. The fourth-order valence-corrected chi connectivity index (χ4v) is 4.46. The number of hydrogen-bond donors (Lipinski definition) is 1. The number of rotatable bonds is 13. The van der Waals surface area contributed by atoms with Crippen LogP contribution in [0.25, 0.3) is 0 Å². The number of aliphatic carboxylic acids is 1. The Labute approximate surface area is 229 Å². The summed E-state index contributed by atoms with van der Waals surface area (Å²) in [5.41, 5.74) is 1.46. The number of alkyl halides is 1. The normalized spacial score (nSPS) is 13.8. The van der Waals surface area contributed by atoms with Crippen molar-refractivity contribution in [3.63, 3.8) is 0 Å². The molecule has 0 aliphatic rings. The molecule has 2 unspecified atom stereocenters. The van der Waals surface area contributed by atoms with E-state index in [2.05, 4.69) is 6.92 Å². The molecule has 3 rings (SSSR count). The molecule has 3 aromatic carbocycles. The Morgan fingerprint density at radius 1 is 1.03 bits per heavy atom. The Morgan fingerprint density at radius 2 is 1.71 bits per heavy atom. The van der Waals surface area contributed by atoms with Crippen molar-refractivity contribution in [3.05, 3.63) is 77.9 Å². The maximum absolute atomic E-state index is 11.7. The molecule has 0 aliphatic carbocycles. The Bertz CT molecular complexity index is 1350. The lowest BCUT2D eigenvalue weighted by molar-refractivity contribution is -0.140. The first kappa shape index (κ1) is 29.3. The zero-order valence-corrected chi connectivity index (χ0v) is 23.5. The molecule has 204 valence electrons. The van der Waals surface area contributed by atoms with Gasteiger partial charge < -0.3 is 19.3 Å². The van der Waals surface area contributed by atoms with Gasteiger partial charge in [-0.1, -0.05) is 25.5 Å². The first-order valence-corrected chi connectivity index (χ1v) is 14.6. The monoisotopic (exact) mass is 560 g/mol. The summed E-state index contributed by atoms with van der Waals surface area (Å²) in [6.45, 7) is 5.86. The van der Waals surface area contributed by atoms with Crippen LogP contribution in [0.5, 0.6) is 23.0 Å². The summed E-state index contributed by atoms with van der Waals surface area (Å²) in [7, 11) is -3.27. The van der Waals surface area contributed by atoms with Gasteiger partial charge in [-0.05, 0) is 86.0 Å². The summed E-state index contributed by atoms with van der Waals surface area (Å²) in [5, 5.41) is 9.35. The highest BCUT2D eigenvalue weighted by atomic mass is 35.5. The van der Waals surface area contributed by atoms with Crippen molar-refractivity contribution in [2.75, 3.05) is 12.9 Å². The van der Waals surface area contributed by atoms with Crippen molar-refractivity contribution >= 4 is 27.4 Å². The number of carboxylic acid groups (broad SMARTS) is 1. The zero-order chi connectivity index (χ0) is 27.9. The van der Waals surface area contributed by atoms with Gasteiger partial charge in [0.25, 0.3) is 0 Å². The van der Waals surface area contributed by atoms with Gasteiger partial charge in [0, 0.05) is 12.7 Å². The predicted octanol–water partition coefficient (Wildman–Crippen LogP) is 6.61. The number of benzene rings is 3. The second-order valence-electron chi connectivity index (χ2n) is 9.27. The minimum absolute atomic E-state index is 0.138. The summed E-state index contributed by atoms with van der Waals surface area (Å²) in [5.74, 6) is 1.36. The molecular formula is C29H33ClO7S. The van der Waals surface area contributed by atoms with Crippen molar-refractivity contribution in [2.24, 2.45) is 0 Å². The second kappa shape index (κ2) is 12.5. The number of ether oxygens (including phenoxy) is 3. The molecule has 0 bridgehead atoms. The molecule has 0 heterocycles. The molecule has 0 fully saturated rings. The van der Waals surface area contributed by atoms with Crippen LogP contribution in [-0.2, 0) is 25.9 Å². The number of sulfone groups is 1. The summed E-state index contributed by atoms with van der Waals surface area (Å²) >= 11 is 6.16. The molecule has 0 aromatic heterocycles. The van der Waals surface area contributed by atoms with Crippen LogP contribution in [0.1, 0.15) is 44.7 Å². The highest BCUT2D eigenvalue weighted by Crippen LogP contribution is 2.32. The van der Waals surface area contributed by atoms with Crippen molar-refractivity contribution < 1.29 is 32.5 Å². The van der Waals surface area contributed by atoms with Crippen molar-refractivity contribution in [2.45, 2.75) is 55.9 Å². The van der Waals surface area contributed by atoms with Crippen LogP contribution in [0.4, 0.5) is 0 Å². The molecule has 9 heteroatoms. The van der Waals surface area contributed by atoms with Crippen LogP contribution in [0.3, 0.4) is 0 Å². The van der Waals surface area contributed by atoms with E-state index in [0.717, 1.165) is 24.2 Å². The summed E-state index contributed by atoms with van der Waals surface area (Å²) in [4.78, 5) is 10.1. The molecule has 0 spiro atoms. The van der Waals surface area contributed by atoms with Crippen LogP contribution in [-0.4, -0.2) is 38.5 Å². The second-order valence-corrected chi connectivity index (χ2v) is 12.0. The Kier molecular flexibility index (Phi) is 9.68. The Balaban J connectivity index is 1.60. The zero-order valence-electron chi connectivity index (χ0n) is 21.9.